The summed E-state index contributed by atoms with van der Waals surface area (Å²) in [5.74, 6) is -2.04. The predicted octanol–water partition coefficient (Wildman–Crippen LogP) is 3.57. The Balaban J connectivity index is 2.16. The Morgan fingerprint density at radius 2 is 1.79 bits per heavy atom. The van der Waals surface area contributed by atoms with Crippen LogP contribution in [0.15, 0.2) is 30.3 Å². The molecule has 0 radical (unpaired) electrons. The zero-order valence-electron chi connectivity index (χ0n) is 10.2. The maximum absolute atomic E-state index is 13.5. The van der Waals surface area contributed by atoms with Gasteiger partial charge in [-0.25, -0.2) is 13.2 Å². The quantitative estimate of drug-likeness (QED) is 0.863. The lowest BCUT2D eigenvalue weighted by Gasteiger charge is -2.10. The molecule has 0 atom stereocenters. The zero-order valence-corrected chi connectivity index (χ0v) is 10.2. The second kappa shape index (κ2) is 5.22. The molecular weight excluding hydrogens is 255 g/mol. The van der Waals surface area contributed by atoms with Gasteiger partial charge in [-0.15, -0.1) is 0 Å². The molecule has 0 heterocycles. The van der Waals surface area contributed by atoms with E-state index < -0.39 is 17.5 Å². The van der Waals surface area contributed by atoms with Crippen molar-refractivity contribution in [2.75, 3.05) is 5.73 Å². The van der Waals surface area contributed by atoms with Crippen LogP contribution in [0, 0.1) is 24.4 Å². The van der Waals surface area contributed by atoms with Crippen LogP contribution in [0.4, 0.5) is 18.9 Å². The van der Waals surface area contributed by atoms with Crippen LogP contribution in [-0.4, -0.2) is 0 Å². The molecule has 2 aromatic carbocycles. The number of nitrogens with two attached hydrogens (primary N) is 1. The van der Waals surface area contributed by atoms with Crippen molar-refractivity contribution in [1.29, 1.82) is 0 Å². The average Bonchev–Trinajstić information content (AvgIpc) is 2.34. The van der Waals surface area contributed by atoms with Crippen molar-refractivity contribution in [3.63, 3.8) is 0 Å². The molecule has 0 saturated heterocycles. The lowest BCUT2D eigenvalue weighted by atomic mass is 10.2. The molecule has 2 aromatic rings. The van der Waals surface area contributed by atoms with Crippen molar-refractivity contribution in [1.82, 2.24) is 0 Å². The van der Waals surface area contributed by atoms with E-state index >= 15 is 0 Å². The lowest BCUT2D eigenvalue weighted by Crippen LogP contribution is -2.02. The van der Waals surface area contributed by atoms with E-state index in [4.69, 9.17) is 10.5 Å². The molecule has 0 saturated carbocycles. The summed E-state index contributed by atoms with van der Waals surface area (Å²) in [5.41, 5.74) is 6.67. The van der Waals surface area contributed by atoms with Gasteiger partial charge in [0.1, 0.15) is 18.2 Å². The largest absolute Gasteiger partial charge is 0.486 e. The first-order valence-electron chi connectivity index (χ1n) is 5.59. The van der Waals surface area contributed by atoms with Crippen molar-refractivity contribution in [3.8, 4) is 5.75 Å². The summed E-state index contributed by atoms with van der Waals surface area (Å²) >= 11 is 0. The highest BCUT2D eigenvalue weighted by Gasteiger charge is 2.09. The first kappa shape index (κ1) is 13.3. The molecule has 0 fully saturated rings. The van der Waals surface area contributed by atoms with Crippen molar-refractivity contribution in [3.05, 3.63) is 58.9 Å². The van der Waals surface area contributed by atoms with E-state index in [9.17, 15) is 13.2 Å². The number of hydrogen-bond donors (Lipinski definition) is 1. The Labute approximate surface area is 108 Å². The van der Waals surface area contributed by atoms with Gasteiger partial charge in [-0.2, -0.15) is 0 Å². The molecule has 0 aliphatic rings. The van der Waals surface area contributed by atoms with Gasteiger partial charge < -0.3 is 10.5 Å². The highest BCUT2D eigenvalue weighted by atomic mass is 19.1. The fourth-order valence-corrected chi connectivity index (χ4v) is 1.58. The maximum Gasteiger partial charge on any atom is 0.167 e. The second-order valence-corrected chi connectivity index (χ2v) is 4.16. The fraction of sp³-hybridized carbons (Fsp3) is 0.143. The molecule has 0 spiro atoms. The smallest absolute Gasteiger partial charge is 0.167 e. The summed E-state index contributed by atoms with van der Waals surface area (Å²) in [5, 5.41) is 0. The van der Waals surface area contributed by atoms with Gasteiger partial charge in [-0.3, -0.25) is 0 Å². The van der Waals surface area contributed by atoms with Gasteiger partial charge >= 0.3 is 0 Å². The average molecular weight is 267 g/mol. The van der Waals surface area contributed by atoms with Crippen LogP contribution < -0.4 is 10.5 Å². The standard InChI is InChI=1S/C14H12F3NO/c1-8-4-14(12(17)6-13(8)18)19-7-9-2-3-10(15)5-11(9)16/h2-6H,7,18H2,1H3. The van der Waals surface area contributed by atoms with E-state index in [0.29, 0.717) is 11.3 Å². The molecule has 0 aliphatic carbocycles. The van der Waals surface area contributed by atoms with Crippen LogP contribution in [0.2, 0.25) is 0 Å². The van der Waals surface area contributed by atoms with Gasteiger partial charge in [0.25, 0.3) is 0 Å². The minimum absolute atomic E-state index is 0.0181. The zero-order chi connectivity index (χ0) is 14.0. The Morgan fingerprint density at radius 3 is 2.47 bits per heavy atom. The van der Waals surface area contributed by atoms with Gasteiger partial charge in [-0.05, 0) is 30.7 Å². The number of rotatable bonds is 3. The van der Waals surface area contributed by atoms with E-state index in [-0.39, 0.29) is 17.9 Å². The number of ether oxygens (including phenoxy) is 1. The number of aryl methyl sites for hydroxylation is 1. The normalized spacial score (nSPS) is 10.5. The summed E-state index contributed by atoms with van der Waals surface area (Å²) < 4.78 is 44.8. The predicted molar refractivity (Wildman–Crippen MR) is 66.2 cm³/mol. The van der Waals surface area contributed by atoms with E-state index in [1.165, 1.54) is 12.1 Å². The summed E-state index contributed by atoms with van der Waals surface area (Å²) in [4.78, 5) is 0. The molecule has 0 amide bonds. The third-order valence-electron chi connectivity index (χ3n) is 2.72. The van der Waals surface area contributed by atoms with Gasteiger partial charge in [0, 0.05) is 23.4 Å². The van der Waals surface area contributed by atoms with Crippen LogP contribution in [0.25, 0.3) is 0 Å². The van der Waals surface area contributed by atoms with Crippen LogP contribution in [0.3, 0.4) is 0 Å². The molecule has 100 valence electrons. The van der Waals surface area contributed by atoms with E-state index in [1.54, 1.807) is 6.92 Å². The number of benzene rings is 2. The second-order valence-electron chi connectivity index (χ2n) is 4.16. The van der Waals surface area contributed by atoms with Crippen LogP contribution >= 0.6 is 0 Å². The molecular formula is C14H12F3NO. The molecule has 0 bridgehead atoms. The maximum atomic E-state index is 13.5. The molecule has 5 heteroatoms. The summed E-state index contributed by atoms with van der Waals surface area (Å²) in [6.07, 6.45) is 0. The van der Waals surface area contributed by atoms with Crippen molar-refractivity contribution >= 4 is 5.69 Å². The monoisotopic (exact) mass is 267 g/mol. The first-order chi connectivity index (χ1) is 8.97. The van der Waals surface area contributed by atoms with E-state index in [0.717, 1.165) is 18.2 Å². The van der Waals surface area contributed by atoms with Crippen molar-refractivity contribution in [2.45, 2.75) is 13.5 Å². The van der Waals surface area contributed by atoms with Gasteiger partial charge in [0.2, 0.25) is 0 Å². The van der Waals surface area contributed by atoms with Crippen LogP contribution in [-0.2, 0) is 6.61 Å². The third kappa shape index (κ3) is 2.99. The number of halogens is 3. The highest BCUT2D eigenvalue weighted by Crippen LogP contribution is 2.24. The van der Waals surface area contributed by atoms with Crippen molar-refractivity contribution < 1.29 is 17.9 Å². The third-order valence-corrected chi connectivity index (χ3v) is 2.72. The van der Waals surface area contributed by atoms with E-state index in [1.807, 2.05) is 0 Å². The number of hydrogen-bond acceptors (Lipinski definition) is 2. The van der Waals surface area contributed by atoms with Gasteiger partial charge in [-0.1, -0.05) is 0 Å². The summed E-state index contributed by atoms with van der Waals surface area (Å²) in [7, 11) is 0. The van der Waals surface area contributed by atoms with Gasteiger partial charge in [0.15, 0.2) is 11.6 Å². The lowest BCUT2D eigenvalue weighted by molar-refractivity contribution is 0.284. The molecule has 0 aromatic heterocycles. The first-order valence-corrected chi connectivity index (χ1v) is 5.59. The van der Waals surface area contributed by atoms with Crippen LogP contribution in [0.1, 0.15) is 11.1 Å². The summed E-state index contributed by atoms with van der Waals surface area (Å²) in [6.45, 7) is 1.52. The molecule has 2 N–H and O–H groups in total. The minimum Gasteiger partial charge on any atom is -0.486 e. The van der Waals surface area contributed by atoms with Crippen molar-refractivity contribution in [2.24, 2.45) is 0 Å². The SMILES string of the molecule is Cc1cc(OCc2ccc(F)cc2F)c(F)cc1N. The Kier molecular flexibility index (Phi) is 3.64. The fourth-order valence-electron chi connectivity index (χ4n) is 1.58. The molecule has 19 heavy (non-hydrogen) atoms. The summed E-state index contributed by atoms with van der Waals surface area (Å²) in [6, 6.07) is 5.71. The van der Waals surface area contributed by atoms with Crippen LogP contribution in [0.5, 0.6) is 5.75 Å². The molecule has 2 rings (SSSR count). The Bertz CT molecular complexity index is 614. The Hall–Kier alpha value is -2.17. The number of nitrogen functional groups attached to an aromatic ring is 1. The Morgan fingerprint density at radius 1 is 1.05 bits per heavy atom. The topological polar surface area (TPSA) is 35.2 Å². The molecule has 2 nitrogen and oxygen atoms in total. The minimum atomic E-state index is -0.729. The van der Waals surface area contributed by atoms with Gasteiger partial charge in [0.05, 0.1) is 0 Å². The van der Waals surface area contributed by atoms with E-state index in [2.05, 4.69) is 0 Å². The number of anilines is 1. The molecule has 0 aliphatic heterocycles. The molecule has 0 unspecified atom stereocenters. The highest BCUT2D eigenvalue weighted by molar-refractivity contribution is 5.50.